The summed E-state index contributed by atoms with van der Waals surface area (Å²) in [6, 6.07) is 53.3. The average Bonchev–Trinajstić information content (AvgIpc) is 2.98. The summed E-state index contributed by atoms with van der Waals surface area (Å²) in [5.74, 6) is 0. The van der Waals surface area contributed by atoms with E-state index in [4.69, 9.17) is 4.98 Å². The van der Waals surface area contributed by atoms with E-state index in [0.717, 1.165) is 28.1 Å². The summed E-state index contributed by atoms with van der Waals surface area (Å²) in [5.41, 5.74) is 11.3. The summed E-state index contributed by atoms with van der Waals surface area (Å²) in [6.45, 7) is 0. The Hall–Kier alpha value is -4.75. The zero-order valence-corrected chi connectivity index (χ0v) is 19.9. The Labute approximate surface area is 212 Å². The van der Waals surface area contributed by atoms with Crippen LogP contribution in [0.25, 0.3) is 55.9 Å². The van der Waals surface area contributed by atoms with E-state index in [2.05, 4.69) is 140 Å². The SMILES string of the molecule is c1ccc(-c2cc(-c3ccccc3)cc(-c3cc(-c4ccccc4)nc(-c4ccccc4)c3)c2)cc1. The normalized spacial score (nSPS) is 10.8. The number of benzene rings is 5. The van der Waals surface area contributed by atoms with Crippen LogP contribution in [0.1, 0.15) is 0 Å². The van der Waals surface area contributed by atoms with Crippen molar-refractivity contribution in [2.75, 3.05) is 0 Å². The molecule has 0 saturated carbocycles. The second kappa shape index (κ2) is 9.85. The van der Waals surface area contributed by atoms with Crippen LogP contribution in [0.5, 0.6) is 0 Å². The van der Waals surface area contributed by atoms with Crippen molar-refractivity contribution < 1.29 is 0 Å². The molecule has 1 nitrogen and oxygen atoms in total. The topological polar surface area (TPSA) is 12.9 Å². The first-order valence-corrected chi connectivity index (χ1v) is 12.2. The first-order valence-electron chi connectivity index (χ1n) is 12.2. The summed E-state index contributed by atoms with van der Waals surface area (Å²) in [7, 11) is 0. The van der Waals surface area contributed by atoms with Crippen LogP contribution in [0.3, 0.4) is 0 Å². The number of rotatable bonds is 5. The monoisotopic (exact) mass is 459 g/mol. The van der Waals surface area contributed by atoms with Crippen LogP contribution in [0.2, 0.25) is 0 Å². The maximum absolute atomic E-state index is 5.06. The molecule has 0 aliphatic heterocycles. The lowest BCUT2D eigenvalue weighted by atomic mass is 9.92. The van der Waals surface area contributed by atoms with Gasteiger partial charge < -0.3 is 0 Å². The fourth-order valence-corrected chi connectivity index (χ4v) is 4.60. The van der Waals surface area contributed by atoms with Crippen molar-refractivity contribution in [3.63, 3.8) is 0 Å². The lowest BCUT2D eigenvalue weighted by Gasteiger charge is -2.14. The van der Waals surface area contributed by atoms with Gasteiger partial charge in [-0.3, -0.25) is 0 Å². The van der Waals surface area contributed by atoms with Crippen molar-refractivity contribution >= 4 is 0 Å². The van der Waals surface area contributed by atoms with Crippen molar-refractivity contribution in [2.45, 2.75) is 0 Å². The highest BCUT2D eigenvalue weighted by Crippen LogP contribution is 2.35. The second-order valence-corrected chi connectivity index (χ2v) is 8.89. The third kappa shape index (κ3) is 4.60. The van der Waals surface area contributed by atoms with Gasteiger partial charge in [-0.1, -0.05) is 121 Å². The van der Waals surface area contributed by atoms with Crippen LogP contribution in [-0.4, -0.2) is 4.98 Å². The number of aromatic nitrogens is 1. The van der Waals surface area contributed by atoms with Crippen molar-refractivity contribution in [2.24, 2.45) is 0 Å². The van der Waals surface area contributed by atoms with Gasteiger partial charge in [0.25, 0.3) is 0 Å². The van der Waals surface area contributed by atoms with E-state index in [1.165, 1.54) is 27.8 Å². The Bertz CT molecular complexity index is 1350. The van der Waals surface area contributed by atoms with Gasteiger partial charge in [0.2, 0.25) is 0 Å². The van der Waals surface area contributed by atoms with E-state index in [9.17, 15) is 0 Å². The Morgan fingerprint density at radius 1 is 0.250 bits per heavy atom. The Balaban J connectivity index is 1.58. The lowest BCUT2D eigenvalue weighted by molar-refractivity contribution is 1.32. The largest absolute Gasteiger partial charge is 0.248 e. The summed E-state index contributed by atoms with van der Waals surface area (Å²) in [5, 5.41) is 0. The van der Waals surface area contributed by atoms with Crippen LogP contribution in [0.4, 0.5) is 0 Å². The van der Waals surface area contributed by atoms with E-state index < -0.39 is 0 Å². The summed E-state index contributed by atoms with van der Waals surface area (Å²) < 4.78 is 0. The molecule has 6 rings (SSSR count). The molecule has 0 aliphatic rings. The molecular formula is C35H25N. The van der Waals surface area contributed by atoms with E-state index >= 15 is 0 Å². The van der Waals surface area contributed by atoms with Gasteiger partial charge in [-0.25, -0.2) is 4.98 Å². The summed E-state index contributed by atoms with van der Waals surface area (Å²) in [4.78, 5) is 5.06. The highest BCUT2D eigenvalue weighted by atomic mass is 14.7. The van der Waals surface area contributed by atoms with Gasteiger partial charge in [-0.15, -0.1) is 0 Å². The maximum Gasteiger partial charge on any atom is 0.0715 e. The quantitative estimate of drug-likeness (QED) is 0.250. The van der Waals surface area contributed by atoms with Gasteiger partial charge in [0.05, 0.1) is 11.4 Å². The molecule has 1 aromatic heterocycles. The predicted octanol–water partition coefficient (Wildman–Crippen LogP) is 9.42. The molecule has 0 aliphatic carbocycles. The molecule has 0 saturated heterocycles. The van der Waals surface area contributed by atoms with Crippen LogP contribution >= 0.6 is 0 Å². The van der Waals surface area contributed by atoms with Crippen LogP contribution in [-0.2, 0) is 0 Å². The molecule has 0 atom stereocenters. The van der Waals surface area contributed by atoms with Crippen molar-refractivity contribution in [1.29, 1.82) is 0 Å². The van der Waals surface area contributed by atoms with Gasteiger partial charge in [0, 0.05) is 11.1 Å². The molecule has 0 radical (unpaired) electrons. The Morgan fingerprint density at radius 3 is 0.889 bits per heavy atom. The fraction of sp³-hybridized carbons (Fsp3) is 0. The van der Waals surface area contributed by atoms with E-state index in [0.29, 0.717) is 0 Å². The number of hydrogen-bond donors (Lipinski definition) is 0. The van der Waals surface area contributed by atoms with Crippen LogP contribution < -0.4 is 0 Å². The average molecular weight is 460 g/mol. The highest BCUT2D eigenvalue weighted by molar-refractivity contribution is 5.84. The summed E-state index contributed by atoms with van der Waals surface area (Å²) in [6.07, 6.45) is 0. The van der Waals surface area contributed by atoms with E-state index in [-0.39, 0.29) is 0 Å². The molecular weight excluding hydrogens is 434 g/mol. The van der Waals surface area contributed by atoms with Crippen molar-refractivity contribution in [3.8, 4) is 55.9 Å². The molecule has 36 heavy (non-hydrogen) atoms. The smallest absolute Gasteiger partial charge is 0.0715 e. The highest BCUT2D eigenvalue weighted by Gasteiger charge is 2.12. The zero-order valence-electron chi connectivity index (χ0n) is 19.9. The fourth-order valence-electron chi connectivity index (χ4n) is 4.60. The zero-order chi connectivity index (χ0) is 24.2. The molecule has 170 valence electrons. The molecule has 0 amide bonds. The van der Waals surface area contributed by atoms with Gasteiger partial charge in [0.1, 0.15) is 0 Å². The van der Waals surface area contributed by atoms with Gasteiger partial charge >= 0.3 is 0 Å². The molecule has 1 heterocycles. The lowest BCUT2D eigenvalue weighted by Crippen LogP contribution is -1.92. The molecule has 0 fully saturated rings. The van der Waals surface area contributed by atoms with Gasteiger partial charge in [-0.05, 0) is 63.7 Å². The first kappa shape index (κ1) is 21.8. The molecule has 0 bridgehead atoms. The Morgan fingerprint density at radius 2 is 0.528 bits per heavy atom. The third-order valence-electron chi connectivity index (χ3n) is 6.45. The molecule has 0 N–H and O–H groups in total. The minimum absolute atomic E-state index is 0.971. The minimum atomic E-state index is 0.971. The Kier molecular flexibility index (Phi) is 5.96. The van der Waals surface area contributed by atoms with Crippen molar-refractivity contribution in [1.82, 2.24) is 4.98 Å². The minimum Gasteiger partial charge on any atom is -0.248 e. The maximum atomic E-state index is 5.06. The number of hydrogen-bond acceptors (Lipinski definition) is 1. The van der Waals surface area contributed by atoms with E-state index in [1.54, 1.807) is 0 Å². The van der Waals surface area contributed by atoms with Crippen LogP contribution in [0.15, 0.2) is 152 Å². The molecule has 5 aromatic carbocycles. The molecule has 6 aromatic rings. The molecule has 0 unspecified atom stereocenters. The molecule has 0 spiro atoms. The van der Waals surface area contributed by atoms with Crippen LogP contribution in [0, 0.1) is 0 Å². The number of pyridine rings is 1. The predicted molar refractivity (Wildman–Crippen MR) is 151 cm³/mol. The number of nitrogens with zero attached hydrogens (tertiary/aromatic N) is 1. The first-order chi connectivity index (χ1) is 17.8. The van der Waals surface area contributed by atoms with Gasteiger partial charge in [0.15, 0.2) is 0 Å². The molecule has 1 heteroatoms. The van der Waals surface area contributed by atoms with E-state index in [1.807, 2.05) is 12.1 Å². The van der Waals surface area contributed by atoms with Crippen molar-refractivity contribution in [3.05, 3.63) is 152 Å². The summed E-state index contributed by atoms with van der Waals surface area (Å²) >= 11 is 0. The second-order valence-electron chi connectivity index (χ2n) is 8.89. The third-order valence-corrected chi connectivity index (χ3v) is 6.45. The van der Waals surface area contributed by atoms with Gasteiger partial charge in [-0.2, -0.15) is 0 Å². The standard InChI is InChI=1S/C35H25N/c1-5-13-26(14-6-1)30-21-31(27-15-7-2-8-16-27)23-32(22-30)33-24-34(28-17-9-3-10-18-28)36-35(25-33)29-19-11-4-12-20-29/h1-25H.